The van der Waals surface area contributed by atoms with Crippen LogP contribution >= 0.6 is 0 Å². The normalized spacial score (nSPS) is 52.4. The SMILES string of the molecule is CC1=C(CC[C@@H](C)CO[C@@H]2O[C@H](CO)[C@@H](O)[C@H](O)[C@H]2O)O[C@@H]2C[C@@H]3[C@H]4CC=C5C[C@@H](O[C@@H]6O[C@H](CO)[C@@H](O)[C@H](O[C@@H]7O[C@H](CO)[C@@H](O)[C@H](O)[C@H]7O)[C@H]6O[C@H]6O[C@@H](C)[C@H](O)[C@@H](O)[C@H]6O)CC[C@]5(C)[C@H]4CC[C@]3(C)[C@H]12. The number of hydrogen-bond donors (Lipinski definition) is 13. The molecule has 0 bridgehead atoms. The van der Waals surface area contributed by atoms with Gasteiger partial charge in [0.1, 0.15) is 97.7 Å². The third kappa shape index (κ3) is 10.2. The van der Waals surface area contributed by atoms with E-state index in [1.54, 1.807) is 0 Å². The summed E-state index contributed by atoms with van der Waals surface area (Å²) in [6, 6.07) is 0. The molecule has 5 heterocycles. The lowest BCUT2D eigenvalue weighted by atomic mass is 9.47. The molecule has 7 fully saturated rings. The Bertz CT molecular complexity index is 1940. The van der Waals surface area contributed by atoms with E-state index in [1.165, 1.54) is 18.1 Å². The fourth-order valence-electron chi connectivity index (χ4n) is 14.5. The summed E-state index contributed by atoms with van der Waals surface area (Å²) in [6.45, 7) is 8.79. The lowest BCUT2D eigenvalue weighted by molar-refractivity contribution is -0.394. The Labute approximate surface area is 425 Å². The fourth-order valence-corrected chi connectivity index (χ4v) is 14.5. The van der Waals surface area contributed by atoms with Gasteiger partial charge in [-0.15, -0.1) is 0 Å². The van der Waals surface area contributed by atoms with Crippen molar-refractivity contribution in [2.24, 2.45) is 40.4 Å². The maximum atomic E-state index is 11.6. The summed E-state index contributed by atoms with van der Waals surface area (Å²) >= 11 is 0. The monoisotopic (exact) mass is 1050 g/mol. The van der Waals surface area contributed by atoms with Crippen LogP contribution < -0.4 is 0 Å². The molecule has 9 rings (SSSR count). The zero-order valence-electron chi connectivity index (χ0n) is 42.3. The van der Waals surface area contributed by atoms with Crippen LogP contribution in [0.25, 0.3) is 0 Å². The van der Waals surface area contributed by atoms with E-state index in [2.05, 4.69) is 26.8 Å². The smallest absolute Gasteiger partial charge is 0.187 e. The van der Waals surface area contributed by atoms with E-state index in [-0.39, 0.29) is 29.5 Å². The van der Waals surface area contributed by atoms with Crippen LogP contribution in [0.2, 0.25) is 0 Å². The third-order valence-electron chi connectivity index (χ3n) is 18.9. The van der Waals surface area contributed by atoms with E-state index in [9.17, 15) is 66.4 Å². The number of fused-ring (bicyclic) bond motifs is 7. The predicted molar refractivity (Wildman–Crippen MR) is 249 cm³/mol. The van der Waals surface area contributed by atoms with Gasteiger partial charge >= 0.3 is 0 Å². The molecule has 0 spiro atoms. The van der Waals surface area contributed by atoms with Gasteiger partial charge in [0.2, 0.25) is 0 Å². The van der Waals surface area contributed by atoms with Gasteiger partial charge in [0.25, 0.3) is 0 Å². The first-order valence-electron chi connectivity index (χ1n) is 26.5. The summed E-state index contributed by atoms with van der Waals surface area (Å²) in [7, 11) is 0. The van der Waals surface area contributed by atoms with E-state index >= 15 is 0 Å². The lowest BCUT2D eigenvalue weighted by Gasteiger charge is -2.58. The van der Waals surface area contributed by atoms with E-state index in [4.69, 9.17) is 42.6 Å². The minimum Gasteiger partial charge on any atom is -0.494 e. The molecule has 22 heteroatoms. The molecule has 0 aromatic heterocycles. The zero-order valence-corrected chi connectivity index (χ0v) is 42.3. The average Bonchev–Trinajstić information content (AvgIpc) is 3.86. The Balaban J connectivity index is 0.867. The minimum absolute atomic E-state index is 0.0500. The highest BCUT2D eigenvalue weighted by Gasteiger charge is 2.64. The van der Waals surface area contributed by atoms with Crippen LogP contribution in [-0.4, -0.2) is 228 Å². The van der Waals surface area contributed by atoms with Crippen molar-refractivity contribution in [3.63, 3.8) is 0 Å². The minimum atomic E-state index is -1.87. The van der Waals surface area contributed by atoms with Crippen LogP contribution in [0.5, 0.6) is 0 Å². The van der Waals surface area contributed by atoms with Crippen LogP contribution in [0.1, 0.15) is 92.4 Å². The predicted octanol–water partition coefficient (Wildman–Crippen LogP) is -2.06. The number of rotatable bonds is 15. The van der Waals surface area contributed by atoms with E-state index < -0.39 is 149 Å². The van der Waals surface area contributed by atoms with Gasteiger partial charge in [0.15, 0.2) is 25.2 Å². The molecule has 29 atom stereocenters. The van der Waals surface area contributed by atoms with Crippen molar-refractivity contribution in [1.82, 2.24) is 0 Å². The molecule has 4 saturated heterocycles. The van der Waals surface area contributed by atoms with Crippen molar-refractivity contribution < 1.29 is 109 Å². The molecule has 3 saturated carbocycles. The average molecular weight is 1050 g/mol. The first-order chi connectivity index (χ1) is 34.6. The highest BCUT2D eigenvalue weighted by atomic mass is 16.8. The third-order valence-corrected chi connectivity index (χ3v) is 18.9. The maximum Gasteiger partial charge on any atom is 0.187 e. The van der Waals surface area contributed by atoms with Crippen molar-refractivity contribution in [2.45, 2.75) is 227 Å². The molecule has 13 N–H and O–H groups in total. The summed E-state index contributed by atoms with van der Waals surface area (Å²) in [5.74, 6) is 2.70. The molecular weight excluding hydrogens is 965 g/mol. The van der Waals surface area contributed by atoms with Gasteiger partial charge in [-0.25, -0.2) is 0 Å². The van der Waals surface area contributed by atoms with Gasteiger partial charge < -0.3 is 109 Å². The second-order valence-electron chi connectivity index (χ2n) is 23.3. The standard InChI is InChI=1S/C51H82O22/c1-20(19-65-46-41(62)39(60)35(56)30(16-52)69-46)6-9-28-21(2)33-29(68-28)15-27-25-8-7-23-14-24(10-12-50(23,4)26(25)11-13-51(27,33)5)67-49-45(73-47-42(63)38(59)34(55)22(3)66-47)44(37(58)32(18-54)71-49)72-48-43(64)40(61)36(57)31(17-53)70-48/h7,20,22,24-27,29-49,52-64H,6,8-19H2,1-5H3/t20-,22+,24+,25+,26+,27-,29-,30-,31-,32-,33-,34+,35-,36-,37-,38-,39+,40+,41-,42-,43-,44+,45-,46-,47-,48+,49-,50+,51+/m1/s1. The molecule has 9 aliphatic rings. The van der Waals surface area contributed by atoms with Crippen molar-refractivity contribution >= 4 is 0 Å². The number of aliphatic hydroxyl groups is 13. The Kier molecular flexibility index (Phi) is 17.2. The molecule has 4 aliphatic carbocycles. The van der Waals surface area contributed by atoms with Crippen LogP contribution in [0.3, 0.4) is 0 Å². The number of aliphatic hydroxyl groups excluding tert-OH is 13. The second-order valence-corrected chi connectivity index (χ2v) is 23.3. The van der Waals surface area contributed by atoms with Crippen LogP contribution in [0, 0.1) is 40.4 Å². The van der Waals surface area contributed by atoms with Crippen molar-refractivity contribution in [3.05, 3.63) is 23.0 Å². The maximum absolute atomic E-state index is 11.6. The highest BCUT2D eigenvalue weighted by Crippen LogP contribution is 2.69. The fraction of sp³-hybridized carbons (Fsp3) is 0.922. The van der Waals surface area contributed by atoms with Gasteiger partial charge in [0.05, 0.1) is 44.4 Å². The van der Waals surface area contributed by atoms with Gasteiger partial charge in [-0.2, -0.15) is 0 Å². The van der Waals surface area contributed by atoms with E-state index in [0.29, 0.717) is 36.5 Å². The van der Waals surface area contributed by atoms with Crippen molar-refractivity contribution in [2.75, 3.05) is 26.4 Å². The summed E-state index contributed by atoms with van der Waals surface area (Å²) in [5, 5.41) is 136. The molecule has 0 aromatic carbocycles. The molecule has 73 heavy (non-hydrogen) atoms. The lowest BCUT2D eigenvalue weighted by Crippen LogP contribution is -2.67. The van der Waals surface area contributed by atoms with E-state index in [1.807, 2.05) is 6.92 Å². The molecule has 0 radical (unpaired) electrons. The first kappa shape index (κ1) is 56.2. The number of hydrogen-bond acceptors (Lipinski definition) is 22. The molecule has 0 amide bonds. The van der Waals surface area contributed by atoms with Crippen molar-refractivity contribution in [1.29, 1.82) is 0 Å². The summed E-state index contributed by atoms with van der Waals surface area (Å²) < 4.78 is 55.0. The van der Waals surface area contributed by atoms with Gasteiger partial charge in [-0.05, 0) is 105 Å². The molecule has 418 valence electrons. The Morgan fingerprint density at radius 1 is 0.644 bits per heavy atom. The summed E-state index contributed by atoms with van der Waals surface area (Å²) in [6.07, 6.45) is -20.8. The Morgan fingerprint density at radius 3 is 1.88 bits per heavy atom. The molecule has 0 aromatic rings. The molecular formula is C51H82O22. The quantitative estimate of drug-likeness (QED) is 0.0785. The largest absolute Gasteiger partial charge is 0.494 e. The Hall–Kier alpha value is -1.56. The molecule has 22 nitrogen and oxygen atoms in total. The van der Waals surface area contributed by atoms with Crippen LogP contribution in [-0.2, 0) is 42.6 Å². The van der Waals surface area contributed by atoms with Gasteiger partial charge in [0, 0.05) is 12.3 Å². The van der Waals surface area contributed by atoms with Crippen LogP contribution in [0.4, 0.5) is 0 Å². The van der Waals surface area contributed by atoms with E-state index in [0.717, 1.165) is 50.7 Å². The van der Waals surface area contributed by atoms with Crippen LogP contribution in [0.15, 0.2) is 23.0 Å². The topological polar surface area (TPSA) is 346 Å². The summed E-state index contributed by atoms with van der Waals surface area (Å²) in [5.41, 5.74) is 2.50. The van der Waals surface area contributed by atoms with Gasteiger partial charge in [-0.1, -0.05) is 32.4 Å². The Morgan fingerprint density at radius 2 is 1.22 bits per heavy atom. The molecule has 5 aliphatic heterocycles. The first-order valence-corrected chi connectivity index (χ1v) is 26.5. The molecule has 0 unspecified atom stereocenters. The second kappa shape index (κ2) is 22.3. The number of ether oxygens (including phenoxy) is 9. The zero-order chi connectivity index (χ0) is 52.6. The summed E-state index contributed by atoms with van der Waals surface area (Å²) in [4.78, 5) is 0. The van der Waals surface area contributed by atoms with Gasteiger partial charge in [-0.3, -0.25) is 0 Å². The highest BCUT2D eigenvalue weighted by molar-refractivity contribution is 5.30. The van der Waals surface area contributed by atoms with Crippen molar-refractivity contribution in [3.8, 4) is 0 Å². The number of allylic oxidation sites excluding steroid dienone is 2.